The van der Waals surface area contributed by atoms with Crippen LogP contribution in [-0.2, 0) is 9.59 Å². The summed E-state index contributed by atoms with van der Waals surface area (Å²) in [5.74, 6) is -1.48. The summed E-state index contributed by atoms with van der Waals surface area (Å²) in [4.78, 5) is 22.7. The first-order valence-electron chi connectivity index (χ1n) is 7.96. The molecule has 0 saturated carbocycles. The van der Waals surface area contributed by atoms with E-state index in [9.17, 15) is 14.0 Å². The fraction of sp³-hybridized carbons (Fsp3) is 0.105. The van der Waals surface area contributed by atoms with Crippen molar-refractivity contribution in [2.75, 3.05) is 5.32 Å². The molecule has 0 fully saturated rings. The number of hydrogen-bond donors (Lipinski definition) is 2. The zero-order chi connectivity index (χ0) is 18.5. The lowest BCUT2D eigenvalue weighted by Crippen LogP contribution is -2.16. The molecule has 0 aliphatic rings. The van der Waals surface area contributed by atoms with E-state index in [2.05, 4.69) is 10.4 Å². The third kappa shape index (κ3) is 4.13. The Morgan fingerprint density at radius 2 is 1.73 bits per heavy atom. The average molecular weight is 353 g/mol. The second kappa shape index (κ2) is 7.60. The third-order valence-electron chi connectivity index (χ3n) is 3.68. The highest BCUT2D eigenvalue weighted by Gasteiger charge is 2.14. The Morgan fingerprint density at radius 1 is 1.04 bits per heavy atom. The van der Waals surface area contributed by atoms with Gasteiger partial charge in [-0.05, 0) is 24.3 Å². The molecule has 132 valence electrons. The molecule has 1 aromatic heterocycles. The number of amides is 1. The first-order chi connectivity index (χ1) is 12.5. The van der Waals surface area contributed by atoms with Crippen LogP contribution in [0.5, 0.6) is 0 Å². The molecule has 1 amide bonds. The molecule has 0 aliphatic carbocycles. The van der Waals surface area contributed by atoms with Gasteiger partial charge in [-0.2, -0.15) is 5.10 Å². The van der Waals surface area contributed by atoms with Crippen LogP contribution in [0.4, 0.5) is 10.2 Å². The number of carboxylic acids is 1. The topological polar surface area (TPSA) is 84.2 Å². The Hall–Kier alpha value is -3.48. The molecular formula is C19H16FN3O3. The minimum Gasteiger partial charge on any atom is -0.481 e. The Bertz CT molecular complexity index is 921. The van der Waals surface area contributed by atoms with Gasteiger partial charge in [0, 0.05) is 18.1 Å². The number of nitrogens with zero attached hydrogens (tertiary/aromatic N) is 2. The lowest BCUT2D eigenvalue weighted by Gasteiger charge is -2.08. The summed E-state index contributed by atoms with van der Waals surface area (Å²) in [7, 11) is 0. The van der Waals surface area contributed by atoms with E-state index in [-0.39, 0.29) is 18.7 Å². The van der Waals surface area contributed by atoms with Crippen molar-refractivity contribution >= 4 is 17.7 Å². The van der Waals surface area contributed by atoms with Gasteiger partial charge in [-0.1, -0.05) is 30.3 Å². The highest BCUT2D eigenvalue weighted by molar-refractivity contribution is 5.92. The molecule has 0 saturated heterocycles. The Labute approximate surface area is 148 Å². The summed E-state index contributed by atoms with van der Waals surface area (Å²) in [6.45, 7) is 0. The molecule has 3 aromatic rings. The van der Waals surface area contributed by atoms with Crippen molar-refractivity contribution in [1.29, 1.82) is 0 Å². The van der Waals surface area contributed by atoms with E-state index >= 15 is 0 Å². The van der Waals surface area contributed by atoms with Crippen molar-refractivity contribution in [1.82, 2.24) is 9.78 Å². The predicted octanol–water partition coefficient (Wildman–Crippen LogP) is 3.48. The van der Waals surface area contributed by atoms with E-state index in [0.717, 1.165) is 5.56 Å². The second-order valence-corrected chi connectivity index (χ2v) is 5.61. The molecule has 0 atom stereocenters. The number of aromatic nitrogens is 2. The molecule has 6 nitrogen and oxygen atoms in total. The molecular weight excluding hydrogens is 337 g/mol. The zero-order valence-electron chi connectivity index (χ0n) is 13.7. The van der Waals surface area contributed by atoms with Crippen LogP contribution >= 0.6 is 0 Å². The van der Waals surface area contributed by atoms with Crippen molar-refractivity contribution < 1.29 is 19.1 Å². The highest BCUT2D eigenvalue weighted by atomic mass is 19.1. The Kier molecular flexibility index (Phi) is 5.07. The van der Waals surface area contributed by atoms with Gasteiger partial charge in [0.1, 0.15) is 11.6 Å². The summed E-state index contributed by atoms with van der Waals surface area (Å²) in [6.07, 6.45) is -0.410. The minimum atomic E-state index is -1.04. The monoisotopic (exact) mass is 353 g/mol. The summed E-state index contributed by atoms with van der Waals surface area (Å²) in [5, 5.41) is 15.9. The van der Waals surface area contributed by atoms with E-state index in [1.807, 2.05) is 30.3 Å². The van der Waals surface area contributed by atoms with Crippen LogP contribution in [0.2, 0.25) is 0 Å². The maximum absolute atomic E-state index is 13.2. The second-order valence-electron chi connectivity index (χ2n) is 5.61. The van der Waals surface area contributed by atoms with E-state index in [1.54, 1.807) is 18.2 Å². The number of nitrogens with one attached hydrogen (secondary N) is 1. The van der Waals surface area contributed by atoms with Gasteiger partial charge in [0.2, 0.25) is 5.91 Å². The van der Waals surface area contributed by atoms with Crippen LogP contribution < -0.4 is 5.32 Å². The largest absolute Gasteiger partial charge is 0.481 e. The zero-order valence-corrected chi connectivity index (χ0v) is 13.7. The maximum atomic E-state index is 13.2. The maximum Gasteiger partial charge on any atom is 0.303 e. The fourth-order valence-corrected chi connectivity index (χ4v) is 2.43. The standard InChI is InChI=1S/C19H16FN3O3/c20-14-6-8-15(9-7-14)23-17(21-18(24)10-11-19(25)26)12-16(22-23)13-4-2-1-3-5-13/h1-9,12H,10-11H2,(H,21,24)(H,25,26). The molecule has 0 radical (unpaired) electrons. The average Bonchev–Trinajstić information content (AvgIpc) is 3.05. The van der Waals surface area contributed by atoms with Gasteiger partial charge in [-0.25, -0.2) is 9.07 Å². The molecule has 0 unspecified atom stereocenters. The van der Waals surface area contributed by atoms with Crippen molar-refractivity contribution in [3.8, 4) is 16.9 Å². The van der Waals surface area contributed by atoms with E-state index in [4.69, 9.17) is 5.11 Å². The number of benzene rings is 2. The number of hydrogen-bond acceptors (Lipinski definition) is 3. The third-order valence-corrected chi connectivity index (χ3v) is 3.68. The van der Waals surface area contributed by atoms with E-state index in [1.165, 1.54) is 16.8 Å². The quantitative estimate of drug-likeness (QED) is 0.710. The molecule has 0 bridgehead atoms. The van der Waals surface area contributed by atoms with Crippen molar-refractivity contribution in [2.45, 2.75) is 12.8 Å². The number of halogens is 1. The molecule has 0 aliphatic heterocycles. The van der Waals surface area contributed by atoms with Gasteiger partial charge < -0.3 is 10.4 Å². The van der Waals surface area contributed by atoms with Crippen molar-refractivity contribution in [3.05, 3.63) is 66.5 Å². The molecule has 2 aromatic carbocycles. The van der Waals surface area contributed by atoms with E-state index < -0.39 is 11.9 Å². The summed E-state index contributed by atoms with van der Waals surface area (Å²) in [6, 6.07) is 16.8. The van der Waals surface area contributed by atoms with Crippen LogP contribution in [0.3, 0.4) is 0 Å². The number of carbonyl (C=O) groups is 2. The smallest absolute Gasteiger partial charge is 0.303 e. The van der Waals surface area contributed by atoms with Crippen molar-refractivity contribution in [3.63, 3.8) is 0 Å². The van der Waals surface area contributed by atoms with Crippen LogP contribution in [0.25, 0.3) is 16.9 Å². The van der Waals surface area contributed by atoms with E-state index in [0.29, 0.717) is 17.2 Å². The normalized spacial score (nSPS) is 10.5. The van der Waals surface area contributed by atoms with Gasteiger partial charge in [-0.15, -0.1) is 0 Å². The Balaban J connectivity index is 1.95. The first kappa shape index (κ1) is 17.3. The summed E-state index contributed by atoms with van der Waals surface area (Å²) >= 11 is 0. The van der Waals surface area contributed by atoms with Crippen molar-refractivity contribution in [2.24, 2.45) is 0 Å². The number of carbonyl (C=O) groups excluding carboxylic acids is 1. The number of rotatable bonds is 6. The van der Waals surface area contributed by atoms with Crippen LogP contribution in [0.15, 0.2) is 60.7 Å². The molecule has 7 heteroatoms. The van der Waals surface area contributed by atoms with Gasteiger partial charge >= 0.3 is 5.97 Å². The van der Waals surface area contributed by atoms with Gasteiger partial charge in [-0.3, -0.25) is 9.59 Å². The lowest BCUT2D eigenvalue weighted by atomic mass is 10.1. The van der Waals surface area contributed by atoms with Crippen LogP contribution in [-0.4, -0.2) is 26.8 Å². The number of carboxylic acid groups (broad SMARTS) is 1. The minimum absolute atomic E-state index is 0.148. The van der Waals surface area contributed by atoms with Gasteiger partial charge in [0.15, 0.2) is 0 Å². The molecule has 2 N–H and O–H groups in total. The molecule has 3 rings (SSSR count). The van der Waals surface area contributed by atoms with Crippen LogP contribution in [0, 0.1) is 5.82 Å². The lowest BCUT2D eigenvalue weighted by molar-refractivity contribution is -0.138. The van der Waals surface area contributed by atoms with Crippen LogP contribution in [0.1, 0.15) is 12.8 Å². The highest BCUT2D eigenvalue weighted by Crippen LogP contribution is 2.25. The molecule has 0 spiro atoms. The molecule has 1 heterocycles. The number of aliphatic carboxylic acids is 1. The SMILES string of the molecule is O=C(O)CCC(=O)Nc1cc(-c2ccccc2)nn1-c1ccc(F)cc1. The first-order valence-corrected chi connectivity index (χ1v) is 7.96. The number of anilines is 1. The summed E-state index contributed by atoms with van der Waals surface area (Å²) < 4.78 is 14.7. The van der Waals surface area contributed by atoms with Gasteiger partial charge in [0.25, 0.3) is 0 Å². The summed E-state index contributed by atoms with van der Waals surface area (Å²) in [5.41, 5.74) is 2.06. The molecule has 26 heavy (non-hydrogen) atoms. The van der Waals surface area contributed by atoms with Gasteiger partial charge in [0.05, 0.1) is 17.8 Å². The fourth-order valence-electron chi connectivity index (χ4n) is 2.43. The Morgan fingerprint density at radius 3 is 2.38 bits per heavy atom. The predicted molar refractivity (Wildman–Crippen MR) is 94.5 cm³/mol.